The fraction of sp³-hybridized carbons (Fsp3) is 0.433. The molecule has 1 saturated carbocycles. The number of hydrogen-bond donors (Lipinski definition) is 1. The Hall–Kier alpha value is -4.11. The molecule has 6 rings (SSSR count). The van der Waals surface area contributed by atoms with Crippen molar-refractivity contribution < 1.29 is 36.2 Å². The number of pyridine rings is 3. The molecule has 1 atom stereocenters. The van der Waals surface area contributed by atoms with E-state index in [9.17, 15) is 31.5 Å². The second-order valence-electron chi connectivity index (χ2n) is 12.5. The molecule has 5 heterocycles. The molecule has 11 nitrogen and oxygen atoms in total. The fourth-order valence-electron chi connectivity index (χ4n) is 5.86. The second-order valence-corrected chi connectivity index (χ2v) is 14.4. The first-order valence-electron chi connectivity index (χ1n) is 14.2. The highest BCUT2D eigenvalue weighted by molar-refractivity contribution is 7.89. The summed E-state index contributed by atoms with van der Waals surface area (Å²) < 4.78 is 76.8. The van der Waals surface area contributed by atoms with E-state index in [4.69, 9.17) is 4.74 Å². The van der Waals surface area contributed by atoms with Crippen molar-refractivity contribution in [2.24, 2.45) is 5.41 Å². The number of aromatic nitrogens is 5. The number of aliphatic carboxylic acids is 1. The Bertz CT molecular complexity index is 1970. The number of carbonyl (C=O) groups is 1. The maximum absolute atomic E-state index is 14.0. The molecule has 1 aliphatic carbocycles. The van der Waals surface area contributed by atoms with Gasteiger partial charge in [0.2, 0.25) is 21.7 Å². The molecular formula is C30H31F3N6O5S. The number of nitrogens with zero attached hydrogens (tertiary/aromatic N) is 6. The van der Waals surface area contributed by atoms with E-state index >= 15 is 0 Å². The molecule has 15 heteroatoms. The van der Waals surface area contributed by atoms with Gasteiger partial charge in [0.05, 0.1) is 12.0 Å². The van der Waals surface area contributed by atoms with Crippen molar-refractivity contribution in [1.82, 2.24) is 28.9 Å². The topological polar surface area (TPSA) is 140 Å². The smallest absolute Gasteiger partial charge is 0.452 e. The van der Waals surface area contributed by atoms with Gasteiger partial charge >= 0.3 is 12.1 Å². The first-order valence-corrected chi connectivity index (χ1v) is 15.6. The zero-order chi connectivity index (χ0) is 32.7. The standard InChI is InChI=1S/C30H31F3N6O5S/c1-16-10-22-25(35-12-16)44-29(7-8-29)15-38(45(22,42)43)14-19-11-21(34-13-17(19)2)23(28(4,5)27(40)41)20-6-9-39-24(18(20)3)36-37-26(39)30(31,32)33/h6,9-13,23H,7-8,14-15H2,1-5H3,(H,40,41). The van der Waals surface area contributed by atoms with Crippen LogP contribution in [-0.4, -0.2) is 60.5 Å². The number of alkyl halides is 3. The number of carboxylic acids is 1. The normalized spacial score (nSPS) is 18.3. The molecular weight excluding hydrogens is 613 g/mol. The Morgan fingerprint density at radius 1 is 1.11 bits per heavy atom. The molecule has 0 amide bonds. The van der Waals surface area contributed by atoms with Crippen LogP contribution < -0.4 is 4.74 Å². The van der Waals surface area contributed by atoms with Crippen LogP contribution in [0.15, 0.2) is 41.7 Å². The van der Waals surface area contributed by atoms with Crippen LogP contribution in [0.3, 0.4) is 0 Å². The molecule has 0 radical (unpaired) electrons. The average molecular weight is 645 g/mol. The fourth-order valence-corrected chi connectivity index (χ4v) is 7.50. The highest BCUT2D eigenvalue weighted by Gasteiger charge is 2.52. The second kappa shape index (κ2) is 10.2. The van der Waals surface area contributed by atoms with Crippen molar-refractivity contribution in [2.75, 3.05) is 6.54 Å². The van der Waals surface area contributed by atoms with Crippen LogP contribution in [0.5, 0.6) is 5.88 Å². The first kappa shape index (κ1) is 30.9. The Labute approximate surface area is 257 Å². The lowest BCUT2D eigenvalue weighted by atomic mass is 9.71. The highest BCUT2D eigenvalue weighted by Crippen LogP contribution is 2.47. The van der Waals surface area contributed by atoms with Crippen LogP contribution in [0.2, 0.25) is 0 Å². The van der Waals surface area contributed by atoms with Gasteiger partial charge in [0.15, 0.2) is 5.65 Å². The summed E-state index contributed by atoms with van der Waals surface area (Å²) in [4.78, 5) is 21.4. The third-order valence-electron chi connectivity index (χ3n) is 8.74. The largest absolute Gasteiger partial charge is 0.481 e. The molecule has 1 fully saturated rings. The zero-order valence-corrected chi connectivity index (χ0v) is 26.0. The highest BCUT2D eigenvalue weighted by atomic mass is 32.2. The number of hydrogen-bond acceptors (Lipinski definition) is 8. The van der Waals surface area contributed by atoms with Gasteiger partial charge < -0.3 is 9.84 Å². The summed E-state index contributed by atoms with van der Waals surface area (Å²) in [6.07, 6.45) is 0.885. The number of carboxylic acid groups (broad SMARTS) is 1. The number of sulfonamides is 1. The van der Waals surface area contributed by atoms with E-state index in [2.05, 4.69) is 20.2 Å². The van der Waals surface area contributed by atoms with Crippen molar-refractivity contribution in [3.63, 3.8) is 0 Å². The van der Waals surface area contributed by atoms with Gasteiger partial charge in [-0.05, 0) is 93.5 Å². The molecule has 1 spiro atoms. The maximum atomic E-state index is 14.0. The van der Waals surface area contributed by atoms with Crippen LogP contribution in [0.4, 0.5) is 13.2 Å². The number of aryl methyl sites for hydroxylation is 3. The molecule has 4 aromatic rings. The molecule has 0 aromatic carbocycles. The van der Waals surface area contributed by atoms with Crippen LogP contribution in [0.25, 0.3) is 5.65 Å². The summed E-state index contributed by atoms with van der Waals surface area (Å²) in [5.74, 6) is -3.23. The van der Waals surface area contributed by atoms with E-state index < -0.39 is 44.9 Å². The van der Waals surface area contributed by atoms with Crippen molar-refractivity contribution in [3.8, 4) is 5.88 Å². The third kappa shape index (κ3) is 5.21. The third-order valence-corrected chi connectivity index (χ3v) is 10.5. The molecule has 0 saturated heterocycles. The van der Waals surface area contributed by atoms with E-state index in [-0.39, 0.29) is 29.5 Å². The van der Waals surface area contributed by atoms with E-state index in [1.165, 1.54) is 36.5 Å². The van der Waals surface area contributed by atoms with E-state index in [1.807, 2.05) is 0 Å². The first-order chi connectivity index (χ1) is 20.9. The van der Waals surface area contributed by atoms with Crippen LogP contribution in [0.1, 0.15) is 71.9 Å². The zero-order valence-electron chi connectivity index (χ0n) is 25.2. The molecule has 1 N–H and O–H groups in total. The van der Waals surface area contributed by atoms with E-state index in [1.54, 1.807) is 39.2 Å². The minimum atomic E-state index is -4.74. The lowest BCUT2D eigenvalue weighted by Crippen LogP contribution is -2.38. The van der Waals surface area contributed by atoms with Crippen LogP contribution in [0, 0.1) is 26.2 Å². The minimum absolute atomic E-state index is 0.0152. The van der Waals surface area contributed by atoms with Gasteiger partial charge in [-0.2, -0.15) is 17.5 Å². The van der Waals surface area contributed by atoms with Gasteiger partial charge in [0, 0.05) is 36.7 Å². The Balaban J connectivity index is 1.46. The van der Waals surface area contributed by atoms with E-state index in [0.717, 1.165) is 4.40 Å². The maximum Gasteiger partial charge on any atom is 0.452 e. The number of rotatable bonds is 6. The van der Waals surface area contributed by atoms with Crippen molar-refractivity contribution in [3.05, 3.63) is 76.1 Å². The monoisotopic (exact) mass is 644 g/mol. The predicted molar refractivity (Wildman–Crippen MR) is 154 cm³/mol. The molecule has 1 unspecified atom stereocenters. The number of halogens is 3. The van der Waals surface area contributed by atoms with Gasteiger partial charge in [-0.1, -0.05) is 0 Å². The molecule has 4 aromatic heterocycles. The van der Waals surface area contributed by atoms with E-state index in [0.29, 0.717) is 46.4 Å². The SMILES string of the molecule is Cc1cnc2c(c1)S(=O)(=O)N(Cc1cc(C(c3ccn4c(C(F)(F)F)nnc4c3C)C(C)(C)C(=O)O)ncc1C)CC1(CC1)O2. The van der Waals surface area contributed by atoms with Crippen LogP contribution in [-0.2, 0) is 27.5 Å². The lowest BCUT2D eigenvalue weighted by molar-refractivity contribution is -0.147. The van der Waals surface area contributed by atoms with Gasteiger partial charge in [-0.3, -0.25) is 14.2 Å². The minimum Gasteiger partial charge on any atom is -0.481 e. The summed E-state index contributed by atoms with van der Waals surface area (Å²) in [6, 6.07) is 4.64. The van der Waals surface area contributed by atoms with Gasteiger partial charge in [-0.15, -0.1) is 10.2 Å². The summed E-state index contributed by atoms with van der Waals surface area (Å²) in [7, 11) is -4.03. The Morgan fingerprint density at radius 2 is 1.82 bits per heavy atom. The van der Waals surface area contributed by atoms with Crippen molar-refractivity contribution in [2.45, 2.75) is 76.6 Å². The van der Waals surface area contributed by atoms with Gasteiger partial charge in [0.1, 0.15) is 10.5 Å². The molecule has 1 aliphatic heterocycles. The molecule has 2 aliphatic rings. The average Bonchev–Trinajstić information content (AvgIpc) is 3.56. The quantitative estimate of drug-likeness (QED) is 0.313. The summed E-state index contributed by atoms with van der Waals surface area (Å²) in [5, 5.41) is 17.4. The van der Waals surface area contributed by atoms with Crippen molar-refractivity contribution >= 4 is 21.6 Å². The van der Waals surface area contributed by atoms with Gasteiger partial charge in [-0.25, -0.2) is 13.4 Å². The number of ether oxygens (including phenoxy) is 1. The summed E-state index contributed by atoms with van der Waals surface area (Å²) in [5.41, 5.74) is 0.730. The molecule has 45 heavy (non-hydrogen) atoms. The Kier molecular flexibility index (Phi) is 7.01. The Morgan fingerprint density at radius 3 is 2.47 bits per heavy atom. The predicted octanol–water partition coefficient (Wildman–Crippen LogP) is 4.82. The van der Waals surface area contributed by atoms with Gasteiger partial charge in [0.25, 0.3) is 0 Å². The lowest BCUT2D eigenvalue weighted by Gasteiger charge is -2.32. The van der Waals surface area contributed by atoms with Crippen LogP contribution >= 0.6 is 0 Å². The summed E-state index contributed by atoms with van der Waals surface area (Å²) >= 11 is 0. The summed E-state index contributed by atoms with van der Waals surface area (Å²) in [6.45, 7) is 8.17. The van der Waals surface area contributed by atoms with Crippen molar-refractivity contribution in [1.29, 1.82) is 0 Å². The number of fused-ring (bicyclic) bond motifs is 2. The molecule has 238 valence electrons. The molecule has 0 bridgehead atoms.